The minimum atomic E-state index is -0.392. The van der Waals surface area contributed by atoms with Crippen molar-refractivity contribution in [2.45, 2.75) is 43.3 Å². The van der Waals surface area contributed by atoms with Crippen LogP contribution in [0.4, 0.5) is 4.39 Å². The monoisotopic (exact) mass is 453 g/mol. The van der Waals surface area contributed by atoms with E-state index in [1.54, 1.807) is 42.5 Å². The Morgan fingerprint density at radius 2 is 1.69 bits per heavy atom. The number of nitrogens with zero attached hydrogens (tertiary/aromatic N) is 3. The van der Waals surface area contributed by atoms with E-state index >= 15 is 0 Å². The van der Waals surface area contributed by atoms with Gasteiger partial charge >= 0.3 is 0 Å². The average molecular weight is 454 g/mol. The molecule has 0 saturated heterocycles. The second-order valence-corrected chi connectivity index (χ2v) is 8.55. The summed E-state index contributed by atoms with van der Waals surface area (Å²) in [5.41, 5.74) is 5.68. The standard InChI is InChI=1S/C23H24FN5O2S/c24-19-14-8-7-13-18(19)21-26-28-23(29(21)17-11-5-2-6-12-17)32-15-20(30)25-27-22(31)16-9-3-1-4-10-16/h1,3-4,7-10,13-14,17H,2,5-6,11-12,15H2,(H,25,30)(H,27,31). The molecule has 2 N–H and O–H groups in total. The third-order valence-corrected chi connectivity index (χ3v) is 6.35. The van der Waals surface area contributed by atoms with Crippen LogP contribution in [0.5, 0.6) is 0 Å². The molecule has 0 bridgehead atoms. The number of hydrogen-bond donors (Lipinski definition) is 2. The second kappa shape index (κ2) is 10.4. The molecule has 2 aromatic carbocycles. The first-order valence-electron chi connectivity index (χ1n) is 10.6. The van der Waals surface area contributed by atoms with E-state index in [-0.39, 0.29) is 23.5 Å². The van der Waals surface area contributed by atoms with Crippen LogP contribution < -0.4 is 10.9 Å². The lowest BCUT2D eigenvalue weighted by atomic mass is 9.95. The summed E-state index contributed by atoms with van der Waals surface area (Å²) in [6.45, 7) is 0. The maximum atomic E-state index is 14.5. The normalized spacial score (nSPS) is 14.2. The Labute approximate surface area is 189 Å². The van der Waals surface area contributed by atoms with Crippen LogP contribution in [-0.2, 0) is 4.79 Å². The molecule has 7 nitrogen and oxygen atoms in total. The van der Waals surface area contributed by atoms with Gasteiger partial charge in [0, 0.05) is 11.6 Å². The molecular formula is C23H24FN5O2S. The minimum absolute atomic E-state index is 0.0389. The van der Waals surface area contributed by atoms with Gasteiger partial charge in [-0.15, -0.1) is 10.2 Å². The Kier molecular flexibility index (Phi) is 7.16. The molecular weight excluding hydrogens is 429 g/mol. The van der Waals surface area contributed by atoms with E-state index in [4.69, 9.17) is 0 Å². The predicted molar refractivity (Wildman–Crippen MR) is 120 cm³/mol. The average Bonchev–Trinajstić information content (AvgIpc) is 3.26. The Hall–Kier alpha value is -3.20. The number of carbonyl (C=O) groups excluding carboxylic acids is 2. The van der Waals surface area contributed by atoms with Crippen molar-refractivity contribution in [2.24, 2.45) is 0 Å². The van der Waals surface area contributed by atoms with Crippen molar-refractivity contribution in [2.75, 3.05) is 5.75 Å². The zero-order chi connectivity index (χ0) is 22.3. The van der Waals surface area contributed by atoms with E-state index in [1.807, 2.05) is 10.6 Å². The largest absolute Gasteiger partial charge is 0.299 e. The van der Waals surface area contributed by atoms with Crippen LogP contribution in [0.2, 0.25) is 0 Å². The van der Waals surface area contributed by atoms with E-state index < -0.39 is 5.91 Å². The minimum Gasteiger partial charge on any atom is -0.299 e. The molecule has 1 heterocycles. The van der Waals surface area contributed by atoms with E-state index in [1.165, 1.54) is 24.2 Å². The lowest BCUT2D eigenvalue weighted by Crippen LogP contribution is -2.42. The van der Waals surface area contributed by atoms with Gasteiger partial charge < -0.3 is 0 Å². The van der Waals surface area contributed by atoms with Crippen LogP contribution in [0.15, 0.2) is 59.8 Å². The summed E-state index contributed by atoms with van der Waals surface area (Å²) in [4.78, 5) is 24.4. The maximum absolute atomic E-state index is 14.5. The number of amides is 2. The number of aromatic nitrogens is 3. The van der Waals surface area contributed by atoms with E-state index in [0.29, 0.717) is 22.1 Å². The molecule has 4 rings (SSSR count). The lowest BCUT2D eigenvalue weighted by Gasteiger charge is -2.25. The van der Waals surface area contributed by atoms with E-state index in [0.717, 1.165) is 25.7 Å². The summed E-state index contributed by atoms with van der Waals surface area (Å²) in [6, 6.07) is 15.3. The molecule has 1 aliphatic rings. The molecule has 1 aliphatic carbocycles. The van der Waals surface area contributed by atoms with Gasteiger partial charge in [0.15, 0.2) is 11.0 Å². The molecule has 1 fully saturated rings. The highest BCUT2D eigenvalue weighted by Gasteiger charge is 2.25. The second-order valence-electron chi connectivity index (χ2n) is 7.60. The summed E-state index contributed by atoms with van der Waals surface area (Å²) in [5.74, 6) is -0.594. The summed E-state index contributed by atoms with van der Waals surface area (Å²) >= 11 is 1.22. The Bertz CT molecular complexity index is 1080. The Balaban J connectivity index is 1.45. The number of hydrogen-bond acceptors (Lipinski definition) is 5. The van der Waals surface area contributed by atoms with Gasteiger partial charge in [-0.25, -0.2) is 4.39 Å². The van der Waals surface area contributed by atoms with Gasteiger partial charge in [0.05, 0.1) is 11.3 Å². The number of carbonyl (C=O) groups is 2. The van der Waals surface area contributed by atoms with Crippen molar-refractivity contribution in [3.8, 4) is 11.4 Å². The third kappa shape index (κ3) is 5.16. The van der Waals surface area contributed by atoms with Crippen molar-refractivity contribution in [1.82, 2.24) is 25.6 Å². The predicted octanol–water partition coefficient (Wildman–Crippen LogP) is 4.14. The first kappa shape index (κ1) is 22.0. The number of thioether (sulfide) groups is 1. The maximum Gasteiger partial charge on any atom is 0.269 e. The molecule has 0 unspecified atom stereocenters. The van der Waals surface area contributed by atoms with E-state index in [9.17, 15) is 14.0 Å². The van der Waals surface area contributed by atoms with Crippen molar-refractivity contribution in [3.05, 3.63) is 66.0 Å². The fourth-order valence-corrected chi connectivity index (χ4v) is 4.63. The fourth-order valence-electron chi connectivity index (χ4n) is 3.82. The van der Waals surface area contributed by atoms with Crippen LogP contribution in [0, 0.1) is 5.82 Å². The molecule has 0 radical (unpaired) electrons. The number of hydrazine groups is 1. The van der Waals surface area contributed by atoms with Crippen molar-refractivity contribution in [1.29, 1.82) is 0 Å². The SMILES string of the molecule is O=C(CSc1nnc(-c2ccccc2F)n1C1CCCCC1)NNC(=O)c1ccccc1. The van der Waals surface area contributed by atoms with E-state index in [2.05, 4.69) is 21.0 Å². The van der Waals surface area contributed by atoms with Gasteiger partial charge in [-0.05, 0) is 37.1 Å². The van der Waals surface area contributed by atoms with Gasteiger partial charge in [0.25, 0.3) is 5.91 Å². The molecule has 1 saturated carbocycles. The summed E-state index contributed by atoms with van der Waals surface area (Å²) < 4.78 is 16.4. The quantitative estimate of drug-likeness (QED) is 0.433. The highest BCUT2D eigenvalue weighted by Crippen LogP contribution is 2.36. The zero-order valence-electron chi connectivity index (χ0n) is 17.5. The molecule has 1 aromatic heterocycles. The van der Waals surface area contributed by atoms with Crippen LogP contribution in [0.3, 0.4) is 0 Å². The van der Waals surface area contributed by atoms with Crippen molar-refractivity contribution < 1.29 is 14.0 Å². The first-order valence-corrected chi connectivity index (χ1v) is 11.6. The molecule has 32 heavy (non-hydrogen) atoms. The van der Waals surface area contributed by atoms with Gasteiger partial charge in [-0.3, -0.25) is 25.0 Å². The highest BCUT2D eigenvalue weighted by molar-refractivity contribution is 7.99. The fraction of sp³-hybridized carbons (Fsp3) is 0.304. The van der Waals surface area contributed by atoms with Gasteiger partial charge in [-0.2, -0.15) is 0 Å². The molecule has 9 heteroatoms. The Morgan fingerprint density at radius 1 is 0.969 bits per heavy atom. The van der Waals surface area contributed by atoms with Gasteiger partial charge in [0.1, 0.15) is 5.82 Å². The number of benzene rings is 2. The number of nitrogens with one attached hydrogen (secondary N) is 2. The number of rotatable bonds is 6. The highest BCUT2D eigenvalue weighted by atomic mass is 32.2. The molecule has 3 aromatic rings. The van der Waals surface area contributed by atoms with Crippen molar-refractivity contribution >= 4 is 23.6 Å². The zero-order valence-corrected chi connectivity index (χ0v) is 18.3. The van der Waals surface area contributed by atoms with Crippen LogP contribution in [-0.4, -0.2) is 32.3 Å². The molecule has 0 atom stereocenters. The molecule has 2 amide bonds. The van der Waals surface area contributed by atoms with Crippen LogP contribution in [0.1, 0.15) is 48.5 Å². The summed E-state index contributed by atoms with van der Waals surface area (Å²) in [7, 11) is 0. The lowest BCUT2D eigenvalue weighted by molar-refractivity contribution is -0.119. The van der Waals surface area contributed by atoms with Crippen LogP contribution in [0.25, 0.3) is 11.4 Å². The first-order chi connectivity index (χ1) is 15.6. The molecule has 0 spiro atoms. The summed E-state index contributed by atoms with van der Waals surface area (Å²) in [6.07, 6.45) is 5.30. The topological polar surface area (TPSA) is 88.9 Å². The Morgan fingerprint density at radius 3 is 2.44 bits per heavy atom. The van der Waals surface area contributed by atoms with Gasteiger partial charge in [-0.1, -0.05) is 61.4 Å². The van der Waals surface area contributed by atoms with Gasteiger partial charge in [0.2, 0.25) is 5.91 Å². The molecule has 166 valence electrons. The smallest absolute Gasteiger partial charge is 0.269 e. The van der Waals surface area contributed by atoms with Crippen molar-refractivity contribution in [3.63, 3.8) is 0 Å². The third-order valence-electron chi connectivity index (χ3n) is 5.40. The number of halogens is 1. The molecule has 0 aliphatic heterocycles. The summed E-state index contributed by atoms with van der Waals surface area (Å²) in [5, 5.41) is 9.10. The van der Waals surface area contributed by atoms with Crippen LogP contribution >= 0.6 is 11.8 Å².